The Morgan fingerprint density at radius 3 is 2.84 bits per heavy atom. The number of benzene rings is 1. The number of phenols is 1. The summed E-state index contributed by atoms with van der Waals surface area (Å²) in [4.78, 5) is 32.2. The fraction of sp³-hybridized carbons (Fsp3) is 0.227. The Hall–Kier alpha value is -2.69. The van der Waals surface area contributed by atoms with Crippen LogP contribution in [0.2, 0.25) is 0 Å². The Morgan fingerprint density at radius 1 is 1.41 bits per heavy atom. The molecule has 0 bridgehead atoms. The van der Waals surface area contributed by atoms with Crippen LogP contribution in [0.5, 0.6) is 11.5 Å². The van der Waals surface area contributed by atoms with Gasteiger partial charge in [0.15, 0.2) is 16.3 Å². The number of aromatic nitrogens is 1. The van der Waals surface area contributed by atoms with Crippen molar-refractivity contribution in [2.75, 3.05) is 13.7 Å². The van der Waals surface area contributed by atoms with Crippen LogP contribution >= 0.6 is 38.6 Å². The van der Waals surface area contributed by atoms with Crippen LogP contribution in [0.25, 0.3) is 6.08 Å². The third-order valence-electron chi connectivity index (χ3n) is 4.90. The molecule has 1 atom stereocenters. The standard InChI is InChI=1S/C22H19BrN2O5S2/c1-4-30-21(28)17-11(2)24-22-25(18(17)15-6-5-7-31-15)20(27)16(32-22)10-12-8-13(23)19(26)14(9-12)29-3/h5-10,18,26H,4H2,1-3H3/b16-10-/t18-/m1/s1. The number of nitrogens with zero attached hydrogens (tertiary/aromatic N) is 2. The van der Waals surface area contributed by atoms with Crippen molar-refractivity contribution in [1.82, 2.24) is 4.57 Å². The lowest BCUT2D eigenvalue weighted by atomic mass is 10.0. The van der Waals surface area contributed by atoms with Gasteiger partial charge in [-0.25, -0.2) is 9.79 Å². The highest BCUT2D eigenvalue weighted by Gasteiger charge is 2.33. The maximum Gasteiger partial charge on any atom is 0.338 e. The van der Waals surface area contributed by atoms with Crippen molar-refractivity contribution in [1.29, 1.82) is 0 Å². The molecule has 4 rings (SSSR count). The van der Waals surface area contributed by atoms with E-state index >= 15 is 0 Å². The molecule has 2 aromatic heterocycles. The zero-order chi connectivity index (χ0) is 23.0. The summed E-state index contributed by atoms with van der Waals surface area (Å²) in [5.74, 6) is -0.206. The average Bonchev–Trinajstić information content (AvgIpc) is 3.38. The number of aromatic hydroxyl groups is 1. The predicted octanol–water partition coefficient (Wildman–Crippen LogP) is 3.34. The van der Waals surface area contributed by atoms with Gasteiger partial charge in [0.2, 0.25) is 0 Å². The third kappa shape index (κ3) is 3.94. The summed E-state index contributed by atoms with van der Waals surface area (Å²) >= 11 is 6.01. The summed E-state index contributed by atoms with van der Waals surface area (Å²) in [5.41, 5.74) is 1.31. The van der Waals surface area contributed by atoms with Gasteiger partial charge < -0.3 is 14.6 Å². The molecule has 0 saturated heterocycles. The van der Waals surface area contributed by atoms with Crippen LogP contribution in [0.3, 0.4) is 0 Å². The zero-order valence-electron chi connectivity index (χ0n) is 17.4. The SMILES string of the molecule is CCOC(=O)C1=C(C)N=c2s/c(=C\c3cc(Br)c(O)c(OC)c3)c(=O)n2[C@@H]1c1cccs1. The van der Waals surface area contributed by atoms with Crippen LogP contribution in [0, 0.1) is 0 Å². The van der Waals surface area contributed by atoms with Gasteiger partial charge in [-0.15, -0.1) is 11.3 Å². The van der Waals surface area contributed by atoms with E-state index in [0.717, 1.165) is 4.88 Å². The molecular weight excluding hydrogens is 516 g/mol. The quantitative estimate of drug-likeness (QED) is 0.507. The second-order valence-corrected chi connectivity index (χ2v) is 9.71. The molecule has 0 aliphatic carbocycles. The second kappa shape index (κ2) is 9.05. The number of thiophene rings is 1. The minimum atomic E-state index is -0.603. The van der Waals surface area contributed by atoms with Crippen molar-refractivity contribution in [3.05, 3.63) is 75.5 Å². The number of phenolic OH excluding ortho intramolecular Hbond substituents is 1. The fourth-order valence-corrected chi connectivity index (χ4v) is 5.82. The van der Waals surface area contributed by atoms with E-state index in [0.29, 0.717) is 30.6 Å². The van der Waals surface area contributed by atoms with Gasteiger partial charge in [-0.3, -0.25) is 9.36 Å². The van der Waals surface area contributed by atoms with Crippen LogP contribution in [-0.4, -0.2) is 29.4 Å². The summed E-state index contributed by atoms with van der Waals surface area (Å²) in [7, 11) is 1.46. The predicted molar refractivity (Wildman–Crippen MR) is 127 cm³/mol. The van der Waals surface area contributed by atoms with Crippen molar-refractivity contribution in [3.8, 4) is 11.5 Å². The van der Waals surface area contributed by atoms with Crippen molar-refractivity contribution in [2.24, 2.45) is 4.99 Å². The normalized spacial score (nSPS) is 16.0. The first-order chi connectivity index (χ1) is 15.3. The average molecular weight is 535 g/mol. The fourth-order valence-electron chi connectivity index (χ4n) is 3.49. The van der Waals surface area contributed by atoms with E-state index in [1.807, 2.05) is 17.5 Å². The highest BCUT2D eigenvalue weighted by molar-refractivity contribution is 9.10. The number of halogens is 1. The summed E-state index contributed by atoms with van der Waals surface area (Å²) < 4.78 is 12.9. The van der Waals surface area contributed by atoms with Crippen molar-refractivity contribution in [3.63, 3.8) is 0 Å². The smallest absolute Gasteiger partial charge is 0.338 e. The number of carbonyl (C=O) groups excluding carboxylic acids is 1. The van der Waals surface area contributed by atoms with E-state index < -0.39 is 12.0 Å². The molecule has 0 amide bonds. The summed E-state index contributed by atoms with van der Waals surface area (Å²) in [6.45, 7) is 3.73. The summed E-state index contributed by atoms with van der Waals surface area (Å²) in [5, 5.41) is 12.0. The van der Waals surface area contributed by atoms with E-state index in [1.165, 1.54) is 29.8 Å². The molecule has 0 radical (unpaired) electrons. The lowest BCUT2D eigenvalue weighted by molar-refractivity contribution is -0.139. The van der Waals surface area contributed by atoms with E-state index in [-0.39, 0.29) is 23.7 Å². The van der Waals surface area contributed by atoms with Crippen LogP contribution in [0.1, 0.15) is 30.3 Å². The molecule has 1 aliphatic heterocycles. The zero-order valence-corrected chi connectivity index (χ0v) is 20.6. The lowest BCUT2D eigenvalue weighted by Crippen LogP contribution is -2.39. The number of rotatable bonds is 5. The van der Waals surface area contributed by atoms with Gasteiger partial charge >= 0.3 is 5.97 Å². The van der Waals surface area contributed by atoms with Crippen LogP contribution in [-0.2, 0) is 9.53 Å². The molecule has 1 aromatic carbocycles. The largest absolute Gasteiger partial charge is 0.503 e. The number of fused-ring (bicyclic) bond motifs is 1. The van der Waals surface area contributed by atoms with Gasteiger partial charge in [-0.2, -0.15) is 0 Å². The van der Waals surface area contributed by atoms with E-state index in [1.54, 1.807) is 36.6 Å². The van der Waals surface area contributed by atoms with Crippen LogP contribution < -0.4 is 19.6 Å². The lowest BCUT2D eigenvalue weighted by Gasteiger charge is -2.23. The Bertz CT molecular complexity index is 1400. The maximum atomic E-state index is 13.5. The summed E-state index contributed by atoms with van der Waals surface area (Å²) in [6, 6.07) is 6.51. The number of methoxy groups -OCH3 is 1. The molecule has 32 heavy (non-hydrogen) atoms. The van der Waals surface area contributed by atoms with Crippen molar-refractivity contribution < 1.29 is 19.4 Å². The van der Waals surface area contributed by atoms with Gasteiger partial charge in [-0.1, -0.05) is 17.4 Å². The number of ether oxygens (including phenoxy) is 2. The first-order valence-corrected chi connectivity index (χ1v) is 12.1. The van der Waals surface area contributed by atoms with Crippen molar-refractivity contribution in [2.45, 2.75) is 19.9 Å². The molecular formula is C22H19BrN2O5S2. The molecule has 0 fully saturated rings. The maximum absolute atomic E-state index is 13.5. The van der Waals surface area contributed by atoms with E-state index in [2.05, 4.69) is 20.9 Å². The van der Waals surface area contributed by atoms with Gasteiger partial charge in [0.25, 0.3) is 5.56 Å². The van der Waals surface area contributed by atoms with Crippen LogP contribution in [0.4, 0.5) is 0 Å². The molecule has 10 heteroatoms. The van der Waals surface area contributed by atoms with Crippen LogP contribution in [0.15, 0.2) is 55.2 Å². The first-order valence-electron chi connectivity index (χ1n) is 9.65. The van der Waals surface area contributed by atoms with Crippen molar-refractivity contribution >= 4 is 50.6 Å². The Kier molecular flexibility index (Phi) is 6.36. The van der Waals surface area contributed by atoms with Gasteiger partial charge in [-0.05, 0) is 65.0 Å². The molecule has 3 aromatic rings. The van der Waals surface area contributed by atoms with Gasteiger partial charge in [0, 0.05) is 4.88 Å². The summed E-state index contributed by atoms with van der Waals surface area (Å²) in [6.07, 6.45) is 1.71. The minimum Gasteiger partial charge on any atom is -0.503 e. The highest BCUT2D eigenvalue weighted by Crippen LogP contribution is 2.36. The number of thiazole rings is 1. The van der Waals surface area contributed by atoms with Gasteiger partial charge in [0.05, 0.1) is 34.0 Å². The molecule has 166 valence electrons. The molecule has 3 heterocycles. The first kappa shape index (κ1) is 22.5. The number of hydrogen-bond acceptors (Lipinski definition) is 8. The van der Waals surface area contributed by atoms with E-state index in [9.17, 15) is 14.7 Å². The Labute approximate surface area is 199 Å². The monoisotopic (exact) mass is 534 g/mol. The number of hydrogen-bond donors (Lipinski definition) is 1. The minimum absolute atomic E-state index is 0.0153. The number of carbonyl (C=O) groups is 1. The Balaban J connectivity index is 1.93. The Morgan fingerprint density at radius 2 is 2.19 bits per heavy atom. The van der Waals surface area contributed by atoms with Gasteiger partial charge in [0.1, 0.15) is 6.04 Å². The highest BCUT2D eigenvalue weighted by atomic mass is 79.9. The third-order valence-corrected chi connectivity index (χ3v) is 7.41. The molecule has 0 saturated carbocycles. The van der Waals surface area contributed by atoms with E-state index in [4.69, 9.17) is 9.47 Å². The number of esters is 1. The number of allylic oxidation sites excluding steroid dienone is 1. The second-order valence-electron chi connectivity index (χ2n) is 6.87. The molecule has 0 unspecified atom stereocenters. The topological polar surface area (TPSA) is 90.1 Å². The molecule has 0 spiro atoms. The molecule has 1 aliphatic rings. The molecule has 1 N–H and O–H groups in total. The molecule has 7 nitrogen and oxygen atoms in total.